The maximum absolute atomic E-state index is 11.6. The fourth-order valence-electron chi connectivity index (χ4n) is 7.62. The van der Waals surface area contributed by atoms with E-state index in [2.05, 4.69) is 0 Å². The Morgan fingerprint density at radius 1 is 0.207 bits per heavy atom. The minimum atomic E-state index is -0.128. The molecule has 92 heavy (non-hydrogen) atoms. The molecule has 0 rings (SSSR count). The van der Waals surface area contributed by atoms with Crippen LogP contribution >= 0.6 is 0 Å². The molecular weight excluding hydrogens is 1190 g/mol. The van der Waals surface area contributed by atoms with E-state index < -0.39 is 0 Å². The van der Waals surface area contributed by atoms with Gasteiger partial charge in [0.05, 0.1) is 12.5 Å². The molecule has 1 unspecified atom stereocenters. The SMILES string of the molecule is C.C.C.C.CCC(C)C(=O)OCCCOCCCOCCCOCCCOCCCOCCCOCCCOCCCOCCCOCCCOCCCOCCCOCCCOCCCOCCCOCCCOCCCOCCCOCCCOCCCOC. The van der Waals surface area contributed by atoms with E-state index in [9.17, 15) is 4.79 Å². The number of rotatable bonds is 82. The number of carbonyl (C=O) groups is 1. The van der Waals surface area contributed by atoms with E-state index in [1.54, 1.807) is 7.11 Å². The smallest absolute Gasteiger partial charge is 0.308 e. The van der Waals surface area contributed by atoms with Gasteiger partial charge in [-0.05, 0) is 128 Å². The van der Waals surface area contributed by atoms with E-state index in [-0.39, 0.29) is 41.6 Å². The highest BCUT2D eigenvalue weighted by Gasteiger charge is 2.11. The molecule has 0 fully saturated rings. The molecular formula is C70H148O22. The molecule has 1 atom stereocenters. The lowest BCUT2D eigenvalue weighted by molar-refractivity contribution is -0.148. The number of carbonyl (C=O) groups excluding carboxylic acids is 1. The Bertz CT molecular complexity index is 1250. The summed E-state index contributed by atoms with van der Waals surface area (Å²) in [5.74, 6) is -0.166. The maximum atomic E-state index is 11.6. The molecule has 0 saturated heterocycles. The van der Waals surface area contributed by atoms with Crippen molar-refractivity contribution >= 4 is 5.97 Å². The largest absolute Gasteiger partial charge is 0.465 e. The van der Waals surface area contributed by atoms with E-state index in [1.165, 1.54) is 0 Å². The fourth-order valence-corrected chi connectivity index (χ4v) is 7.62. The molecule has 0 saturated carbocycles. The maximum Gasteiger partial charge on any atom is 0.308 e. The van der Waals surface area contributed by atoms with E-state index in [0.29, 0.717) is 231 Å². The van der Waals surface area contributed by atoms with Gasteiger partial charge in [-0.1, -0.05) is 43.6 Å². The first-order chi connectivity index (χ1) is 43.7. The summed E-state index contributed by atoms with van der Waals surface area (Å²) in [7, 11) is 1.71. The lowest BCUT2D eigenvalue weighted by Crippen LogP contribution is -2.15. The van der Waals surface area contributed by atoms with Crippen LogP contribution in [0.1, 0.15) is 178 Å². The van der Waals surface area contributed by atoms with Crippen LogP contribution in [0.25, 0.3) is 0 Å². The molecule has 0 aliphatic heterocycles. The first-order valence-corrected chi connectivity index (χ1v) is 34.3. The second kappa shape index (κ2) is 93.9. The molecule has 0 aromatic carbocycles. The summed E-state index contributed by atoms with van der Waals surface area (Å²) >= 11 is 0. The van der Waals surface area contributed by atoms with Gasteiger partial charge in [0.25, 0.3) is 0 Å². The summed E-state index contributed by atoms with van der Waals surface area (Å²) in [6.45, 7) is 31.5. The topological polar surface area (TPSA) is 211 Å². The van der Waals surface area contributed by atoms with E-state index in [0.717, 1.165) is 168 Å². The third-order valence-corrected chi connectivity index (χ3v) is 12.7. The Hall–Kier alpha value is -1.33. The van der Waals surface area contributed by atoms with Gasteiger partial charge in [-0.3, -0.25) is 4.79 Å². The summed E-state index contributed by atoms with van der Waals surface area (Å²) in [5, 5.41) is 0. The average Bonchev–Trinajstić information content (AvgIpc) is 3.54. The van der Waals surface area contributed by atoms with Crippen molar-refractivity contribution in [3.05, 3.63) is 0 Å². The lowest BCUT2D eigenvalue weighted by atomic mass is 10.1. The minimum Gasteiger partial charge on any atom is -0.465 e. The molecule has 0 aromatic heterocycles. The Morgan fingerprint density at radius 2 is 0.315 bits per heavy atom. The highest BCUT2D eigenvalue weighted by molar-refractivity contribution is 5.71. The average molecular weight is 1340 g/mol. The van der Waals surface area contributed by atoms with Gasteiger partial charge in [0.1, 0.15) is 0 Å². The zero-order chi connectivity index (χ0) is 63.1. The molecule has 22 heteroatoms. The molecule has 0 aliphatic carbocycles. The van der Waals surface area contributed by atoms with Gasteiger partial charge in [0.2, 0.25) is 0 Å². The molecule has 560 valence electrons. The third kappa shape index (κ3) is 90.7. The van der Waals surface area contributed by atoms with Crippen molar-refractivity contribution in [3.63, 3.8) is 0 Å². The highest BCUT2D eigenvalue weighted by Crippen LogP contribution is 2.04. The predicted molar refractivity (Wildman–Crippen MR) is 367 cm³/mol. The number of methoxy groups -OCH3 is 1. The van der Waals surface area contributed by atoms with Crippen LogP contribution < -0.4 is 0 Å². The van der Waals surface area contributed by atoms with Crippen LogP contribution in [0.2, 0.25) is 0 Å². The van der Waals surface area contributed by atoms with Crippen molar-refractivity contribution in [2.75, 3.05) is 271 Å². The van der Waals surface area contributed by atoms with Gasteiger partial charge in [-0.2, -0.15) is 0 Å². The molecule has 0 bridgehead atoms. The van der Waals surface area contributed by atoms with Crippen LogP contribution in [0.4, 0.5) is 0 Å². The summed E-state index contributed by atoms with van der Waals surface area (Å²) in [5.41, 5.74) is 0. The van der Waals surface area contributed by atoms with Gasteiger partial charge in [0, 0.05) is 271 Å². The molecule has 0 N–H and O–H groups in total. The van der Waals surface area contributed by atoms with Gasteiger partial charge in [-0.25, -0.2) is 0 Å². The quantitative estimate of drug-likeness (QED) is 0.0409. The first-order valence-electron chi connectivity index (χ1n) is 34.3. The van der Waals surface area contributed by atoms with Crippen LogP contribution in [0.3, 0.4) is 0 Å². The number of esters is 1. The summed E-state index contributed by atoms with van der Waals surface area (Å²) in [6, 6.07) is 0. The van der Waals surface area contributed by atoms with Gasteiger partial charge in [-0.15, -0.1) is 0 Å². The Labute approximate surface area is 563 Å². The van der Waals surface area contributed by atoms with Crippen LogP contribution in [-0.2, 0) is 104 Å². The Kier molecular flexibility index (Phi) is 101. The van der Waals surface area contributed by atoms with Crippen molar-refractivity contribution in [1.29, 1.82) is 0 Å². The lowest BCUT2D eigenvalue weighted by Gasteiger charge is -2.09. The molecule has 0 aliphatic rings. The number of hydrogen-bond acceptors (Lipinski definition) is 22. The second-order valence-electron chi connectivity index (χ2n) is 21.2. The van der Waals surface area contributed by atoms with E-state index in [4.69, 9.17) is 99.5 Å². The third-order valence-electron chi connectivity index (χ3n) is 12.7. The molecule has 0 radical (unpaired) electrons. The van der Waals surface area contributed by atoms with Crippen molar-refractivity contribution < 1.29 is 104 Å². The summed E-state index contributed by atoms with van der Waals surface area (Å²) in [6.07, 6.45) is 18.4. The van der Waals surface area contributed by atoms with Gasteiger partial charge >= 0.3 is 5.97 Å². The second-order valence-corrected chi connectivity index (χ2v) is 21.2. The highest BCUT2D eigenvalue weighted by atomic mass is 16.6. The molecule has 0 amide bonds. The first kappa shape index (κ1) is 99.3. The molecule has 0 aromatic rings. The Morgan fingerprint density at radius 3 is 0.424 bits per heavy atom. The Balaban J connectivity index is -0.00000631. The standard InChI is InChI=1S/C66H132O22.4CH4/c1-4-65(2)66(67)88-64-24-63-87-62-23-61-86-60-22-59-85-58-21-57-84-56-20-55-83-54-19-53-82-52-18-51-81-50-17-49-80-48-16-47-79-46-15-45-78-44-14-43-77-42-13-41-76-40-12-39-75-38-11-37-74-36-10-35-73-34-9-33-72-32-8-31-71-30-7-29-70-28-6-27-69-26-5-25-68-3;;;;/h65H,4-64H2,1-3H3;4*1H4. The van der Waals surface area contributed by atoms with Crippen molar-refractivity contribution in [2.45, 2.75) is 178 Å². The monoisotopic (exact) mass is 1340 g/mol. The van der Waals surface area contributed by atoms with E-state index >= 15 is 0 Å². The zero-order valence-electron chi connectivity index (χ0n) is 56.2. The van der Waals surface area contributed by atoms with Gasteiger partial charge < -0.3 is 99.5 Å². The van der Waals surface area contributed by atoms with Crippen molar-refractivity contribution in [1.82, 2.24) is 0 Å². The van der Waals surface area contributed by atoms with Crippen LogP contribution in [0.15, 0.2) is 0 Å². The fraction of sp³-hybridized carbons (Fsp3) is 0.986. The molecule has 0 spiro atoms. The summed E-state index contributed by atoms with van der Waals surface area (Å²) < 4.78 is 118. The van der Waals surface area contributed by atoms with Crippen LogP contribution in [0, 0.1) is 5.92 Å². The predicted octanol–water partition coefficient (Wildman–Crippen LogP) is 11.9. The normalized spacial score (nSPS) is 11.6. The van der Waals surface area contributed by atoms with E-state index in [1.807, 2.05) is 13.8 Å². The number of ether oxygens (including phenoxy) is 21. The summed E-state index contributed by atoms with van der Waals surface area (Å²) in [4.78, 5) is 11.6. The molecule has 0 heterocycles. The number of hydrogen-bond donors (Lipinski definition) is 0. The molecule has 22 nitrogen and oxygen atoms in total. The van der Waals surface area contributed by atoms with Crippen LogP contribution in [-0.4, -0.2) is 277 Å². The minimum absolute atomic E-state index is 0. The van der Waals surface area contributed by atoms with Crippen molar-refractivity contribution in [2.24, 2.45) is 5.92 Å². The van der Waals surface area contributed by atoms with Gasteiger partial charge in [0.15, 0.2) is 0 Å². The van der Waals surface area contributed by atoms with Crippen molar-refractivity contribution in [3.8, 4) is 0 Å². The zero-order valence-corrected chi connectivity index (χ0v) is 56.2. The van der Waals surface area contributed by atoms with Crippen LogP contribution in [0.5, 0.6) is 0 Å².